The van der Waals surface area contributed by atoms with Crippen LogP contribution in [0.2, 0.25) is 0 Å². The van der Waals surface area contributed by atoms with E-state index in [0.29, 0.717) is 0 Å². The van der Waals surface area contributed by atoms with Gasteiger partial charge in [-0.1, -0.05) is 13.0 Å². The summed E-state index contributed by atoms with van der Waals surface area (Å²) >= 11 is 0. The topological polar surface area (TPSA) is 37.0 Å². The second-order valence-electron chi connectivity index (χ2n) is 4.45. The maximum Gasteiger partial charge on any atom is 0.0722 e. The Balaban J connectivity index is 2.20. The molecule has 1 aromatic heterocycles. The van der Waals surface area contributed by atoms with Crippen LogP contribution in [0.4, 0.5) is 5.69 Å². The summed E-state index contributed by atoms with van der Waals surface area (Å²) in [6.07, 6.45) is 4.05. The van der Waals surface area contributed by atoms with Crippen LogP contribution >= 0.6 is 0 Å². The highest BCUT2D eigenvalue weighted by Gasteiger charge is 2.02. The molecule has 0 unspecified atom stereocenters. The van der Waals surface area contributed by atoms with Crippen molar-refractivity contribution in [3.8, 4) is 0 Å². The van der Waals surface area contributed by atoms with Crippen LogP contribution in [-0.2, 0) is 6.42 Å². The Kier molecular flexibility index (Phi) is 4.53. The van der Waals surface area contributed by atoms with Gasteiger partial charge in [-0.05, 0) is 50.2 Å². The van der Waals surface area contributed by atoms with Crippen molar-refractivity contribution < 1.29 is 0 Å². The van der Waals surface area contributed by atoms with Crippen LogP contribution in [-0.4, -0.2) is 25.1 Å². The van der Waals surface area contributed by atoms with Gasteiger partial charge in [-0.15, -0.1) is 0 Å². The van der Waals surface area contributed by atoms with Gasteiger partial charge in [0.15, 0.2) is 0 Å². The van der Waals surface area contributed by atoms with Crippen LogP contribution in [0.3, 0.4) is 0 Å². The highest BCUT2D eigenvalue weighted by atomic mass is 14.9. The molecule has 3 heteroatoms. The van der Waals surface area contributed by atoms with Crippen LogP contribution < -0.4 is 10.6 Å². The van der Waals surface area contributed by atoms with Crippen molar-refractivity contribution in [2.24, 2.45) is 0 Å². The first kappa shape index (κ1) is 12.8. The number of nitrogens with zero attached hydrogens (tertiary/aromatic N) is 1. The van der Waals surface area contributed by atoms with E-state index in [0.717, 1.165) is 31.4 Å². The van der Waals surface area contributed by atoms with E-state index in [1.165, 1.54) is 16.6 Å². The fraction of sp³-hybridized carbons (Fsp3) is 0.400. The maximum atomic E-state index is 4.41. The molecule has 2 N–H and O–H groups in total. The smallest absolute Gasteiger partial charge is 0.0722 e. The van der Waals surface area contributed by atoms with E-state index < -0.39 is 0 Å². The summed E-state index contributed by atoms with van der Waals surface area (Å²) in [6, 6.07) is 8.55. The summed E-state index contributed by atoms with van der Waals surface area (Å²) in [7, 11) is 1.98. The third-order valence-corrected chi connectivity index (χ3v) is 3.13. The highest BCUT2D eigenvalue weighted by Crippen LogP contribution is 2.22. The predicted octanol–water partition coefficient (Wildman–Crippen LogP) is 2.82. The van der Waals surface area contributed by atoms with Gasteiger partial charge in [0.25, 0.3) is 0 Å². The Morgan fingerprint density at radius 3 is 2.83 bits per heavy atom. The second-order valence-corrected chi connectivity index (χ2v) is 4.45. The van der Waals surface area contributed by atoms with Crippen LogP contribution in [0.5, 0.6) is 0 Å². The minimum Gasteiger partial charge on any atom is -0.384 e. The molecular formula is C15H21N3. The standard InChI is InChI=1S/C15H21N3/c1-3-12-5-6-14-13(11-12)15(7-10-18-14)17-9-4-8-16-2/h5-7,10-11,16H,3-4,8-9H2,1-2H3,(H,17,18). The fourth-order valence-electron chi connectivity index (χ4n) is 2.06. The first-order valence-corrected chi connectivity index (χ1v) is 6.61. The third kappa shape index (κ3) is 2.99. The van der Waals surface area contributed by atoms with E-state index in [1.807, 2.05) is 13.2 Å². The number of benzene rings is 1. The summed E-state index contributed by atoms with van der Waals surface area (Å²) in [6.45, 7) is 4.20. The van der Waals surface area contributed by atoms with Gasteiger partial charge >= 0.3 is 0 Å². The molecule has 0 aliphatic heterocycles. The zero-order chi connectivity index (χ0) is 12.8. The molecule has 0 saturated carbocycles. The minimum absolute atomic E-state index is 0.982. The maximum absolute atomic E-state index is 4.41. The lowest BCUT2D eigenvalue weighted by atomic mass is 10.1. The summed E-state index contributed by atoms with van der Waals surface area (Å²) in [5, 5.41) is 7.87. The van der Waals surface area contributed by atoms with E-state index in [1.54, 1.807) is 0 Å². The van der Waals surface area contributed by atoms with E-state index in [-0.39, 0.29) is 0 Å². The van der Waals surface area contributed by atoms with Crippen LogP contribution in [0.1, 0.15) is 18.9 Å². The van der Waals surface area contributed by atoms with Gasteiger partial charge in [0, 0.05) is 23.8 Å². The lowest BCUT2D eigenvalue weighted by Gasteiger charge is -2.10. The molecule has 0 radical (unpaired) electrons. The number of aromatic nitrogens is 1. The molecule has 0 bridgehead atoms. The van der Waals surface area contributed by atoms with Crippen molar-refractivity contribution >= 4 is 16.6 Å². The van der Waals surface area contributed by atoms with Crippen molar-refractivity contribution in [3.63, 3.8) is 0 Å². The van der Waals surface area contributed by atoms with Crippen LogP contribution in [0.15, 0.2) is 30.5 Å². The molecule has 3 nitrogen and oxygen atoms in total. The molecule has 0 atom stereocenters. The zero-order valence-corrected chi connectivity index (χ0v) is 11.2. The van der Waals surface area contributed by atoms with Gasteiger partial charge < -0.3 is 10.6 Å². The van der Waals surface area contributed by atoms with Crippen molar-refractivity contribution in [2.45, 2.75) is 19.8 Å². The second kappa shape index (κ2) is 6.36. The third-order valence-electron chi connectivity index (χ3n) is 3.13. The number of fused-ring (bicyclic) bond motifs is 1. The monoisotopic (exact) mass is 243 g/mol. The van der Waals surface area contributed by atoms with Crippen molar-refractivity contribution in [2.75, 3.05) is 25.5 Å². The van der Waals surface area contributed by atoms with E-state index >= 15 is 0 Å². The average Bonchev–Trinajstić information content (AvgIpc) is 2.43. The Morgan fingerprint density at radius 2 is 2.06 bits per heavy atom. The first-order chi connectivity index (χ1) is 8.85. The molecule has 0 spiro atoms. The van der Waals surface area contributed by atoms with Gasteiger partial charge in [0.05, 0.1) is 5.52 Å². The van der Waals surface area contributed by atoms with Crippen LogP contribution in [0, 0.1) is 0 Å². The number of anilines is 1. The normalized spacial score (nSPS) is 10.8. The van der Waals surface area contributed by atoms with Crippen LogP contribution in [0.25, 0.3) is 10.9 Å². The molecule has 2 aromatic rings. The summed E-state index contributed by atoms with van der Waals surface area (Å²) < 4.78 is 0. The fourth-order valence-corrected chi connectivity index (χ4v) is 2.06. The minimum atomic E-state index is 0.982. The Hall–Kier alpha value is -1.61. The summed E-state index contributed by atoms with van der Waals surface area (Å²) in [5.74, 6) is 0. The molecule has 0 aliphatic rings. The van der Waals surface area contributed by atoms with Gasteiger partial charge in [-0.25, -0.2) is 0 Å². The van der Waals surface area contributed by atoms with Gasteiger partial charge in [-0.3, -0.25) is 4.98 Å². The molecule has 1 aromatic carbocycles. The Morgan fingerprint density at radius 1 is 1.17 bits per heavy atom. The summed E-state index contributed by atoms with van der Waals surface area (Å²) in [4.78, 5) is 4.41. The molecule has 0 saturated heterocycles. The number of nitrogens with one attached hydrogen (secondary N) is 2. The molecule has 18 heavy (non-hydrogen) atoms. The quantitative estimate of drug-likeness (QED) is 0.766. The molecule has 0 aliphatic carbocycles. The van der Waals surface area contributed by atoms with E-state index in [9.17, 15) is 0 Å². The molecular weight excluding hydrogens is 222 g/mol. The van der Waals surface area contributed by atoms with Gasteiger partial charge in [-0.2, -0.15) is 0 Å². The van der Waals surface area contributed by atoms with Gasteiger partial charge in [0.1, 0.15) is 0 Å². The first-order valence-electron chi connectivity index (χ1n) is 6.61. The SMILES string of the molecule is CCc1ccc2nccc(NCCCNC)c2c1. The number of aryl methyl sites for hydroxylation is 1. The van der Waals surface area contributed by atoms with Crippen molar-refractivity contribution in [1.29, 1.82) is 0 Å². The highest BCUT2D eigenvalue weighted by molar-refractivity contribution is 5.91. The zero-order valence-electron chi connectivity index (χ0n) is 11.2. The van der Waals surface area contributed by atoms with Crippen molar-refractivity contribution in [3.05, 3.63) is 36.0 Å². The van der Waals surface area contributed by atoms with Crippen molar-refractivity contribution in [1.82, 2.24) is 10.3 Å². The number of hydrogen-bond donors (Lipinski definition) is 2. The largest absolute Gasteiger partial charge is 0.384 e. The van der Waals surface area contributed by atoms with Gasteiger partial charge in [0.2, 0.25) is 0 Å². The van der Waals surface area contributed by atoms with E-state index in [4.69, 9.17) is 0 Å². The molecule has 96 valence electrons. The molecule has 1 heterocycles. The number of rotatable bonds is 6. The lowest BCUT2D eigenvalue weighted by Crippen LogP contribution is -2.13. The number of pyridine rings is 1. The Labute approximate surface area is 109 Å². The predicted molar refractivity (Wildman–Crippen MR) is 78.2 cm³/mol. The summed E-state index contributed by atoms with van der Waals surface area (Å²) in [5.41, 5.74) is 3.60. The lowest BCUT2D eigenvalue weighted by molar-refractivity contribution is 0.748. The Bertz CT molecular complexity index is 508. The molecule has 0 amide bonds. The van der Waals surface area contributed by atoms with E-state index in [2.05, 4.69) is 46.8 Å². The number of hydrogen-bond acceptors (Lipinski definition) is 3. The average molecular weight is 243 g/mol. The molecule has 0 fully saturated rings. The molecule has 2 rings (SSSR count).